The van der Waals surface area contributed by atoms with E-state index in [1.165, 1.54) is 4.90 Å². The summed E-state index contributed by atoms with van der Waals surface area (Å²) >= 11 is 0. The van der Waals surface area contributed by atoms with Gasteiger partial charge in [-0.05, 0) is 17.7 Å². The van der Waals surface area contributed by atoms with Gasteiger partial charge in [0.25, 0.3) is 5.91 Å². The van der Waals surface area contributed by atoms with Gasteiger partial charge in [0.1, 0.15) is 0 Å². The van der Waals surface area contributed by atoms with Crippen LogP contribution >= 0.6 is 0 Å². The number of hydrogen-bond donors (Lipinski definition) is 0. The molecule has 2 heterocycles. The molecule has 1 aromatic carbocycles. The molecule has 0 unspecified atom stereocenters. The van der Waals surface area contributed by atoms with Gasteiger partial charge in [-0.25, -0.2) is 4.79 Å². The van der Waals surface area contributed by atoms with E-state index in [4.69, 9.17) is 18.9 Å². The number of fused-ring (bicyclic) bond motifs is 1. The molecule has 1 saturated heterocycles. The van der Waals surface area contributed by atoms with Gasteiger partial charge in [0.2, 0.25) is 18.3 Å². The smallest absolute Gasteiger partial charge is 0.377 e. The zero-order chi connectivity index (χ0) is 16.6. The monoisotopic (exact) mass is 319 g/mol. The molecular weight excluding hydrogens is 302 g/mol. The van der Waals surface area contributed by atoms with Gasteiger partial charge in [-0.3, -0.25) is 4.79 Å². The fourth-order valence-corrected chi connectivity index (χ4v) is 2.30. The number of cyclic esters (lactones) is 1. The molecule has 3 rings (SSSR count). The van der Waals surface area contributed by atoms with Crippen molar-refractivity contribution in [3.63, 3.8) is 0 Å². The van der Waals surface area contributed by atoms with Crippen LogP contribution in [0.5, 0.6) is 11.5 Å². The predicted molar refractivity (Wildman–Crippen MR) is 78.4 cm³/mol. The first-order valence-corrected chi connectivity index (χ1v) is 7.12. The summed E-state index contributed by atoms with van der Waals surface area (Å²) in [5, 5.41) is 0. The van der Waals surface area contributed by atoms with E-state index in [0.29, 0.717) is 18.0 Å². The van der Waals surface area contributed by atoms with Crippen molar-refractivity contribution >= 4 is 11.9 Å². The molecule has 0 spiro atoms. The quantitative estimate of drug-likeness (QED) is 0.622. The summed E-state index contributed by atoms with van der Waals surface area (Å²) in [7, 11) is 1.63. The van der Waals surface area contributed by atoms with Crippen molar-refractivity contribution in [3.05, 3.63) is 35.6 Å². The minimum absolute atomic E-state index is 0.0856. The lowest BCUT2D eigenvalue weighted by molar-refractivity contribution is -0.159. The third-order valence-corrected chi connectivity index (χ3v) is 3.38. The average molecular weight is 319 g/mol. The van der Waals surface area contributed by atoms with Crippen molar-refractivity contribution in [3.8, 4) is 11.5 Å². The molecule has 1 aromatic rings. The summed E-state index contributed by atoms with van der Waals surface area (Å²) in [6.45, 7) is 3.77. The summed E-state index contributed by atoms with van der Waals surface area (Å²) in [4.78, 5) is 25.3. The maximum absolute atomic E-state index is 12.2. The lowest BCUT2D eigenvalue weighted by Gasteiger charge is -2.16. The number of hydrogen-bond acceptors (Lipinski definition) is 6. The number of ether oxygens (including phenoxy) is 4. The zero-order valence-corrected chi connectivity index (χ0v) is 13.1. The van der Waals surface area contributed by atoms with Crippen LogP contribution in [0, 0.1) is 0 Å². The second-order valence-corrected chi connectivity index (χ2v) is 5.78. The molecule has 2 aliphatic rings. The van der Waals surface area contributed by atoms with Gasteiger partial charge in [0, 0.05) is 27.4 Å². The zero-order valence-electron chi connectivity index (χ0n) is 13.1. The van der Waals surface area contributed by atoms with E-state index in [0.717, 1.165) is 11.6 Å². The van der Waals surface area contributed by atoms with Gasteiger partial charge < -0.3 is 23.8 Å². The second kappa shape index (κ2) is 5.49. The summed E-state index contributed by atoms with van der Waals surface area (Å²) in [5.74, 6) is -0.774. The molecule has 1 fully saturated rings. The van der Waals surface area contributed by atoms with Gasteiger partial charge in [-0.15, -0.1) is 0 Å². The molecule has 0 bridgehead atoms. The van der Waals surface area contributed by atoms with Gasteiger partial charge in [-0.1, -0.05) is 6.07 Å². The van der Waals surface area contributed by atoms with Crippen LogP contribution in [0.4, 0.5) is 0 Å². The van der Waals surface area contributed by atoms with Crippen LogP contribution in [0.2, 0.25) is 0 Å². The molecule has 7 nitrogen and oxygen atoms in total. The number of likely N-dealkylation sites (N-methyl/N-ethyl adjacent to an activating group) is 1. The normalized spacial score (nSPS) is 19.4. The summed E-state index contributed by atoms with van der Waals surface area (Å²) in [6.07, 6.45) is 1.14. The van der Waals surface area contributed by atoms with Crippen LogP contribution in [0.15, 0.2) is 30.0 Å². The standard InChI is InChI=1S/C16H17NO6/c1-16(2)22-13(15(19)23-16)7-14(18)17(3)8-10-4-5-11-12(6-10)21-9-20-11/h4-7H,8-9H2,1-3H3/b13-7-. The van der Waals surface area contributed by atoms with E-state index in [2.05, 4.69) is 0 Å². The number of carbonyl (C=O) groups excluding carboxylic acids is 2. The minimum atomic E-state index is -1.04. The molecule has 0 N–H and O–H groups in total. The Morgan fingerprint density at radius 1 is 1.26 bits per heavy atom. The molecule has 23 heavy (non-hydrogen) atoms. The average Bonchev–Trinajstić information content (AvgIpc) is 3.02. The third kappa shape index (κ3) is 3.23. The van der Waals surface area contributed by atoms with Crippen molar-refractivity contribution in [2.45, 2.75) is 26.2 Å². The fourth-order valence-electron chi connectivity index (χ4n) is 2.30. The lowest BCUT2D eigenvalue weighted by atomic mass is 10.2. The SMILES string of the molecule is CN(Cc1ccc2c(c1)OCO2)C(=O)/C=C1\OC(C)(C)OC1=O. The van der Waals surface area contributed by atoms with E-state index < -0.39 is 11.8 Å². The Labute approximate surface area is 133 Å². The van der Waals surface area contributed by atoms with Crippen LogP contribution in [-0.2, 0) is 25.6 Å². The Balaban J connectivity index is 1.67. The maximum Gasteiger partial charge on any atom is 0.377 e. The molecule has 0 radical (unpaired) electrons. The number of nitrogens with zero attached hydrogens (tertiary/aromatic N) is 1. The second-order valence-electron chi connectivity index (χ2n) is 5.78. The highest BCUT2D eigenvalue weighted by molar-refractivity contribution is 5.97. The van der Waals surface area contributed by atoms with E-state index in [9.17, 15) is 9.59 Å². The van der Waals surface area contributed by atoms with E-state index in [-0.39, 0.29) is 18.5 Å². The molecule has 0 aromatic heterocycles. The number of carbonyl (C=O) groups is 2. The summed E-state index contributed by atoms with van der Waals surface area (Å²) < 4.78 is 20.8. The van der Waals surface area contributed by atoms with Crippen molar-refractivity contribution in [2.24, 2.45) is 0 Å². The maximum atomic E-state index is 12.2. The van der Waals surface area contributed by atoms with Crippen LogP contribution in [0.1, 0.15) is 19.4 Å². The minimum Gasteiger partial charge on any atom is -0.454 e. The Morgan fingerprint density at radius 3 is 2.70 bits per heavy atom. The summed E-state index contributed by atoms with van der Waals surface area (Å²) in [5.41, 5.74) is 0.888. The van der Waals surface area contributed by atoms with E-state index in [1.807, 2.05) is 12.1 Å². The highest BCUT2D eigenvalue weighted by Gasteiger charge is 2.38. The van der Waals surface area contributed by atoms with Crippen molar-refractivity contribution in [1.29, 1.82) is 0 Å². The predicted octanol–water partition coefficient (Wildman–Crippen LogP) is 1.57. The Bertz CT molecular complexity index is 694. The van der Waals surface area contributed by atoms with E-state index in [1.54, 1.807) is 27.0 Å². The number of amides is 1. The lowest BCUT2D eigenvalue weighted by Crippen LogP contribution is -2.25. The van der Waals surface area contributed by atoms with Gasteiger partial charge in [0.15, 0.2) is 11.5 Å². The first kappa shape index (κ1) is 15.2. The first-order valence-electron chi connectivity index (χ1n) is 7.12. The molecule has 0 aliphatic carbocycles. The van der Waals surface area contributed by atoms with Gasteiger partial charge >= 0.3 is 5.97 Å². The number of esters is 1. The molecule has 2 aliphatic heterocycles. The third-order valence-electron chi connectivity index (χ3n) is 3.38. The van der Waals surface area contributed by atoms with Crippen LogP contribution in [0.25, 0.3) is 0 Å². The highest BCUT2D eigenvalue weighted by atomic mass is 16.8. The van der Waals surface area contributed by atoms with Crippen LogP contribution < -0.4 is 9.47 Å². The Hall–Kier alpha value is -2.70. The highest BCUT2D eigenvalue weighted by Crippen LogP contribution is 2.32. The molecule has 0 atom stereocenters. The van der Waals surface area contributed by atoms with Crippen LogP contribution in [-0.4, -0.2) is 36.4 Å². The summed E-state index contributed by atoms with van der Waals surface area (Å²) in [6, 6.07) is 5.48. The molecule has 7 heteroatoms. The fraction of sp³-hybridized carbons (Fsp3) is 0.375. The molecule has 0 saturated carbocycles. The Kier molecular flexibility index (Phi) is 3.63. The molecule has 1 amide bonds. The molecule has 122 valence electrons. The first-order chi connectivity index (χ1) is 10.8. The number of rotatable bonds is 3. The van der Waals surface area contributed by atoms with Crippen LogP contribution in [0.3, 0.4) is 0 Å². The largest absolute Gasteiger partial charge is 0.454 e. The van der Waals surface area contributed by atoms with E-state index >= 15 is 0 Å². The molecular formula is C16H17NO6. The van der Waals surface area contributed by atoms with Gasteiger partial charge in [0.05, 0.1) is 6.08 Å². The van der Waals surface area contributed by atoms with Crippen molar-refractivity contribution < 1.29 is 28.5 Å². The Morgan fingerprint density at radius 2 is 2.00 bits per heavy atom. The number of benzene rings is 1. The van der Waals surface area contributed by atoms with Gasteiger partial charge in [-0.2, -0.15) is 0 Å². The van der Waals surface area contributed by atoms with Crippen molar-refractivity contribution in [1.82, 2.24) is 4.90 Å². The topological polar surface area (TPSA) is 74.3 Å². The van der Waals surface area contributed by atoms with Crippen molar-refractivity contribution in [2.75, 3.05) is 13.8 Å².